The molecule has 1 nitrogen and oxygen atoms in total. The Kier molecular flexibility index (Phi) is 8.95. The molecule has 10 rings (SSSR count). The minimum absolute atomic E-state index is 1.09. The quantitative estimate of drug-likeness (QED) is 0.141. The maximum absolute atomic E-state index is 2.41. The van der Waals surface area contributed by atoms with Gasteiger partial charge in [-0.05, 0) is 120 Å². The Bertz CT molecular complexity index is 2970. The molecule has 0 amide bonds. The minimum Gasteiger partial charge on any atom is -0.310 e. The van der Waals surface area contributed by atoms with Gasteiger partial charge >= 0.3 is 0 Å². The summed E-state index contributed by atoms with van der Waals surface area (Å²) in [4.78, 5) is 2.38. The van der Waals surface area contributed by atoms with Crippen molar-refractivity contribution in [2.24, 2.45) is 0 Å². The molecule has 0 aliphatic carbocycles. The molecular weight excluding hydrogens is 687 g/mol. The van der Waals surface area contributed by atoms with E-state index in [0.29, 0.717) is 0 Å². The van der Waals surface area contributed by atoms with E-state index in [4.69, 9.17) is 0 Å². The first-order valence-corrected chi connectivity index (χ1v) is 19.6. The smallest absolute Gasteiger partial charge is 0.0467 e. The van der Waals surface area contributed by atoms with Crippen LogP contribution in [0.3, 0.4) is 0 Å². The van der Waals surface area contributed by atoms with Crippen molar-refractivity contribution >= 4 is 38.6 Å². The highest BCUT2D eigenvalue weighted by Crippen LogP contribution is 2.46. The summed E-state index contributed by atoms with van der Waals surface area (Å²) in [5.74, 6) is 0. The zero-order valence-corrected chi connectivity index (χ0v) is 31.5. The molecule has 0 fully saturated rings. The summed E-state index contributed by atoms with van der Waals surface area (Å²) in [6.45, 7) is 0. The van der Waals surface area contributed by atoms with Crippen molar-refractivity contribution in [2.45, 2.75) is 0 Å². The normalized spacial score (nSPS) is 11.2. The minimum atomic E-state index is 1.09. The fourth-order valence-electron chi connectivity index (χ4n) is 8.34. The lowest BCUT2D eigenvalue weighted by molar-refractivity contribution is 1.28. The van der Waals surface area contributed by atoms with Crippen LogP contribution < -0.4 is 4.90 Å². The molecular formula is C56H39N. The number of anilines is 3. The molecule has 0 aromatic heterocycles. The molecule has 0 aliphatic heterocycles. The highest BCUT2D eigenvalue weighted by atomic mass is 15.1. The van der Waals surface area contributed by atoms with Gasteiger partial charge in [-0.15, -0.1) is 0 Å². The van der Waals surface area contributed by atoms with Gasteiger partial charge < -0.3 is 4.90 Å². The fraction of sp³-hybridized carbons (Fsp3) is 0. The molecule has 0 bridgehead atoms. The Morgan fingerprint density at radius 1 is 0.193 bits per heavy atom. The van der Waals surface area contributed by atoms with Crippen molar-refractivity contribution < 1.29 is 0 Å². The zero-order chi connectivity index (χ0) is 38.0. The summed E-state index contributed by atoms with van der Waals surface area (Å²) in [6, 6.07) is 85.6. The SMILES string of the molecule is c1ccc(-c2ccc(N(c3cccc(-c4ccccc4)c3)c3cccc(-c4ccc5c(c4)c(-c4ccccc4)c(-c4ccccc4)c4ccccc45)c3)cc2)cc1. The molecule has 1 heteroatoms. The maximum atomic E-state index is 2.41. The molecule has 10 aromatic carbocycles. The molecule has 0 saturated carbocycles. The second-order valence-corrected chi connectivity index (χ2v) is 14.5. The third-order valence-corrected chi connectivity index (χ3v) is 11.0. The van der Waals surface area contributed by atoms with E-state index in [1.165, 1.54) is 71.6 Å². The topological polar surface area (TPSA) is 3.24 Å². The van der Waals surface area contributed by atoms with Gasteiger partial charge in [0.15, 0.2) is 0 Å². The van der Waals surface area contributed by atoms with E-state index in [-0.39, 0.29) is 0 Å². The first-order valence-electron chi connectivity index (χ1n) is 19.6. The lowest BCUT2D eigenvalue weighted by Crippen LogP contribution is -2.10. The number of hydrogen-bond acceptors (Lipinski definition) is 1. The van der Waals surface area contributed by atoms with Gasteiger partial charge in [0.25, 0.3) is 0 Å². The van der Waals surface area contributed by atoms with E-state index in [1.54, 1.807) is 0 Å². The lowest BCUT2D eigenvalue weighted by atomic mass is 9.84. The van der Waals surface area contributed by atoms with E-state index in [9.17, 15) is 0 Å². The standard InChI is InChI=1S/C56H39N/c1-5-17-40(18-6-1)42-31-34-48(35-32-42)57(49-27-15-25-45(37-49)41-19-7-2-8-20-41)50-28-16-26-46(38-50)47-33-36-52-51-29-13-14-30-53(51)55(43-21-9-3-10-22-43)56(54(52)39-47)44-23-11-4-12-24-44/h1-39H. The van der Waals surface area contributed by atoms with Crippen LogP contribution in [0.5, 0.6) is 0 Å². The molecule has 0 aliphatic rings. The molecule has 268 valence electrons. The third kappa shape index (κ3) is 6.56. The summed E-state index contributed by atoms with van der Waals surface area (Å²) < 4.78 is 0. The van der Waals surface area contributed by atoms with Gasteiger partial charge in [-0.2, -0.15) is 0 Å². The van der Waals surface area contributed by atoms with Crippen LogP contribution in [-0.4, -0.2) is 0 Å². The van der Waals surface area contributed by atoms with Crippen LogP contribution in [0.15, 0.2) is 237 Å². The predicted molar refractivity (Wildman–Crippen MR) is 243 cm³/mol. The molecule has 0 spiro atoms. The summed E-state index contributed by atoms with van der Waals surface area (Å²) >= 11 is 0. The van der Waals surface area contributed by atoms with Crippen molar-refractivity contribution in [2.75, 3.05) is 4.90 Å². The van der Waals surface area contributed by atoms with Crippen molar-refractivity contribution in [3.05, 3.63) is 237 Å². The van der Waals surface area contributed by atoms with Gasteiger partial charge in [-0.3, -0.25) is 0 Å². The average Bonchev–Trinajstić information content (AvgIpc) is 3.30. The van der Waals surface area contributed by atoms with Crippen molar-refractivity contribution in [1.82, 2.24) is 0 Å². The Hall–Kier alpha value is -7.48. The van der Waals surface area contributed by atoms with Crippen LogP contribution in [0.2, 0.25) is 0 Å². The van der Waals surface area contributed by atoms with E-state index in [2.05, 4.69) is 241 Å². The predicted octanol–water partition coefficient (Wildman–Crippen LogP) is 15.8. The van der Waals surface area contributed by atoms with Crippen molar-refractivity contribution in [3.8, 4) is 55.6 Å². The van der Waals surface area contributed by atoms with Gasteiger partial charge in [0.05, 0.1) is 0 Å². The Morgan fingerprint density at radius 3 is 1.12 bits per heavy atom. The van der Waals surface area contributed by atoms with Crippen LogP contribution in [0.1, 0.15) is 0 Å². The molecule has 57 heavy (non-hydrogen) atoms. The largest absolute Gasteiger partial charge is 0.310 e. The summed E-state index contributed by atoms with van der Waals surface area (Å²) in [6.07, 6.45) is 0. The Morgan fingerprint density at radius 2 is 0.561 bits per heavy atom. The molecule has 0 N–H and O–H groups in total. The molecule has 10 aromatic rings. The van der Waals surface area contributed by atoms with Crippen LogP contribution in [0.25, 0.3) is 77.2 Å². The zero-order valence-electron chi connectivity index (χ0n) is 31.5. The van der Waals surface area contributed by atoms with E-state index in [0.717, 1.165) is 22.6 Å². The number of rotatable bonds is 8. The summed E-state index contributed by atoms with van der Waals surface area (Å²) in [5.41, 5.74) is 15.3. The van der Waals surface area contributed by atoms with E-state index < -0.39 is 0 Å². The van der Waals surface area contributed by atoms with Gasteiger partial charge in [0, 0.05) is 17.1 Å². The number of hydrogen-bond donors (Lipinski definition) is 0. The number of benzene rings is 10. The Balaban J connectivity index is 1.15. The monoisotopic (exact) mass is 725 g/mol. The first-order chi connectivity index (χ1) is 28.3. The number of fused-ring (bicyclic) bond motifs is 3. The highest BCUT2D eigenvalue weighted by Gasteiger charge is 2.19. The molecule has 0 unspecified atom stereocenters. The highest BCUT2D eigenvalue weighted by molar-refractivity contribution is 6.22. The summed E-state index contributed by atoms with van der Waals surface area (Å²) in [7, 11) is 0. The van der Waals surface area contributed by atoms with Gasteiger partial charge in [0.1, 0.15) is 0 Å². The van der Waals surface area contributed by atoms with Gasteiger partial charge in [-0.1, -0.05) is 194 Å². The molecule has 0 atom stereocenters. The fourth-order valence-corrected chi connectivity index (χ4v) is 8.34. The van der Waals surface area contributed by atoms with Crippen LogP contribution in [0.4, 0.5) is 17.1 Å². The second-order valence-electron chi connectivity index (χ2n) is 14.5. The van der Waals surface area contributed by atoms with Crippen molar-refractivity contribution in [1.29, 1.82) is 0 Å². The van der Waals surface area contributed by atoms with E-state index in [1.807, 2.05) is 0 Å². The third-order valence-electron chi connectivity index (χ3n) is 11.0. The molecule has 0 saturated heterocycles. The second kappa shape index (κ2) is 15.0. The Labute approximate surface area is 334 Å². The molecule has 0 radical (unpaired) electrons. The lowest BCUT2D eigenvalue weighted by Gasteiger charge is -2.27. The van der Waals surface area contributed by atoms with Gasteiger partial charge in [0.2, 0.25) is 0 Å². The first kappa shape index (κ1) is 34.0. The number of nitrogens with zero attached hydrogens (tertiary/aromatic N) is 1. The van der Waals surface area contributed by atoms with Crippen molar-refractivity contribution in [3.63, 3.8) is 0 Å². The average molecular weight is 726 g/mol. The maximum Gasteiger partial charge on any atom is 0.0467 e. The summed E-state index contributed by atoms with van der Waals surface area (Å²) in [5, 5.41) is 5.01. The van der Waals surface area contributed by atoms with Crippen LogP contribution >= 0.6 is 0 Å². The molecule has 0 heterocycles. The van der Waals surface area contributed by atoms with Crippen LogP contribution in [0, 0.1) is 0 Å². The van der Waals surface area contributed by atoms with E-state index >= 15 is 0 Å². The van der Waals surface area contributed by atoms with Crippen LogP contribution in [-0.2, 0) is 0 Å². The van der Waals surface area contributed by atoms with Gasteiger partial charge in [-0.25, -0.2) is 0 Å².